The Morgan fingerprint density at radius 3 is 2.60 bits per heavy atom. The standard InChI is InChI=1S/C13H20N2O2S3/c1-9(10-5-3-2-4-6-10)15-20(16,17)12-8-7-11(19-12)13(14)18/h7-10,15H,2-6H2,1H3,(H2,14,18). The van der Waals surface area contributed by atoms with Gasteiger partial charge >= 0.3 is 0 Å². The highest BCUT2D eigenvalue weighted by molar-refractivity contribution is 7.91. The number of hydrogen-bond acceptors (Lipinski definition) is 4. The van der Waals surface area contributed by atoms with Crippen molar-refractivity contribution in [2.24, 2.45) is 11.7 Å². The molecule has 0 bridgehead atoms. The fraction of sp³-hybridized carbons (Fsp3) is 0.615. The molecule has 1 aliphatic rings. The molecule has 0 saturated heterocycles. The molecule has 1 fully saturated rings. The van der Waals surface area contributed by atoms with Gasteiger partial charge in [0.15, 0.2) is 0 Å². The molecule has 1 atom stereocenters. The Bertz CT molecular complexity index is 574. The third-order valence-electron chi connectivity index (χ3n) is 3.79. The first-order chi connectivity index (χ1) is 9.40. The van der Waals surface area contributed by atoms with E-state index in [2.05, 4.69) is 4.72 Å². The van der Waals surface area contributed by atoms with Crippen LogP contribution in [0, 0.1) is 5.92 Å². The van der Waals surface area contributed by atoms with E-state index in [1.807, 2.05) is 6.92 Å². The molecule has 1 heterocycles. The van der Waals surface area contributed by atoms with Gasteiger partial charge in [0.1, 0.15) is 9.20 Å². The van der Waals surface area contributed by atoms with Gasteiger partial charge in [0, 0.05) is 6.04 Å². The molecule has 0 spiro atoms. The van der Waals surface area contributed by atoms with Crippen molar-refractivity contribution >= 4 is 38.6 Å². The van der Waals surface area contributed by atoms with Crippen LogP contribution >= 0.6 is 23.6 Å². The van der Waals surface area contributed by atoms with Crippen LogP contribution in [0.4, 0.5) is 0 Å². The van der Waals surface area contributed by atoms with Gasteiger partial charge in [-0.15, -0.1) is 11.3 Å². The molecule has 20 heavy (non-hydrogen) atoms. The van der Waals surface area contributed by atoms with Gasteiger partial charge in [-0.1, -0.05) is 31.5 Å². The maximum atomic E-state index is 12.3. The molecule has 1 saturated carbocycles. The molecule has 1 aromatic rings. The second-order valence-electron chi connectivity index (χ2n) is 5.29. The van der Waals surface area contributed by atoms with Gasteiger partial charge in [-0.2, -0.15) is 0 Å². The molecular formula is C13H20N2O2S3. The monoisotopic (exact) mass is 332 g/mol. The van der Waals surface area contributed by atoms with E-state index in [1.165, 1.54) is 19.3 Å². The first kappa shape index (κ1) is 15.9. The van der Waals surface area contributed by atoms with Crippen molar-refractivity contribution in [3.05, 3.63) is 17.0 Å². The molecule has 112 valence electrons. The van der Waals surface area contributed by atoms with E-state index in [0.717, 1.165) is 24.2 Å². The third kappa shape index (κ3) is 3.78. The van der Waals surface area contributed by atoms with Crippen molar-refractivity contribution in [1.82, 2.24) is 4.72 Å². The summed E-state index contributed by atoms with van der Waals surface area (Å²) in [5, 5.41) is 0. The summed E-state index contributed by atoms with van der Waals surface area (Å²) in [5.41, 5.74) is 5.52. The van der Waals surface area contributed by atoms with E-state index in [9.17, 15) is 8.42 Å². The van der Waals surface area contributed by atoms with Crippen LogP contribution in [0.2, 0.25) is 0 Å². The Kier molecular flexibility index (Phi) is 5.17. The van der Waals surface area contributed by atoms with Crippen LogP contribution < -0.4 is 10.5 Å². The zero-order valence-corrected chi connectivity index (χ0v) is 13.9. The maximum absolute atomic E-state index is 12.3. The van der Waals surface area contributed by atoms with Gasteiger partial charge in [0.05, 0.1) is 4.88 Å². The summed E-state index contributed by atoms with van der Waals surface area (Å²) in [4.78, 5) is 0.863. The van der Waals surface area contributed by atoms with Crippen LogP contribution in [0.1, 0.15) is 43.9 Å². The molecule has 0 aliphatic heterocycles. The fourth-order valence-electron chi connectivity index (χ4n) is 2.63. The summed E-state index contributed by atoms with van der Waals surface area (Å²) in [6, 6.07) is 3.19. The zero-order chi connectivity index (χ0) is 14.8. The fourth-order valence-corrected chi connectivity index (χ4v) is 5.31. The van der Waals surface area contributed by atoms with Gasteiger partial charge in [0.25, 0.3) is 0 Å². The van der Waals surface area contributed by atoms with Crippen LogP contribution in [0.15, 0.2) is 16.3 Å². The van der Waals surface area contributed by atoms with Crippen LogP contribution in [-0.2, 0) is 10.0 Å². The molecular weight excluding hydrogens is 312 g/mol. The van der Waals surface area contributed by atoms with Gasteiger partial charge in [-0.3, -0.25) is 0 Å². The quantitative estimate of drug-likeness (QED) is 0.813. The largest absolute Gasteiger partial charge is 0.389 e. The number of thiocarbonyl (C=S) groups is 1. The van der Waals surface area contributed by atoms with E-state index in [-0.39, 0.29) is 15.2 Å². The van der Waals surface area contributed by atoms with E-state index in [1.54, 1.807) is 12.1 Å². The maximum Gasteiger partial charge on any atom is 0.250 e. The SMILES string of the molecule is CC(NS(=O)(=O)c1ccc(C(N)=S)s1)C1CCCCC1. The number of rotatable bonds is 5. The summed E-state index contributed by atoms with van der Waals surface area (Å²) in [6.45, 7) is 1.95. The van der Waals surface area contributed by atoms with Crippen LogP contribution in [0.25, 0.3) is 0 Å². The molecule has 0 aromatic carbocycles. The highest BCUT2D eigenvalue weighted by Crippen LogP contribution is 2.28. The number of nitrogens with one attached hydrogen (secondary N) is 1. The summed E-state index contributed by atoms with van der Waals surface area (Å²) < 4.78 is 27.7. The number of nitrogens with two attached hydrogens (primary N) is 1. The van der Waals surface area contributed by atoms with Crippen molar-refractivity contribution in [2.45, 2.75) is 49.3 Å². The molecule has 0 amide bonds. The topological polar surface area (TPSA) is 72.2 Å². The van der Waals surface area contributed by atoms with Crippen LogP contribution in [0.5, 0.6) is 0 Å². The number of sulfonamides is 1. The summed E-state index contributed by atoms with van der Waals surface area (Å²) in [5.74, 6) is 0.438. The van der Waals surface area contributed by atoms with Gasteiger partial charge in [-0.05, 0) is 37.8 Å². The molecule has 7 heteroatoms. The Morgan fingerprint density at radius 2 is 2.05 bits per heavy atom. The Labute approximate surface area is 129 Å². The van der Waals surface area contributed by atoms with E-state index in [4.69, 9.17) is 18.0 Å². The Balaban J connectivity index is 2.07. The number of thiophene rings is 1. The third-order valence-corrected chi connectivity index (χ3v) is 7.31. The van der Waals surface area contributed by atoms with Crippen molar-refractivity contribution in [3.8, 4) is 0 Å². The van der Waals surface area contributed by atoms with Crippen molar-refractivity contribution in [1.29, 1.82) is 0 Å². The minimum absolute atomic E-state index is 0.0318. The lowest BCUT2D eigenvalue weighted by Crippen LogP contribution is -2.38. The predicted molar refractivity (Wildman–Crippen MR) is 86.6 cm³/mol. The first-order valence-electron chi connectivity index (χ1n) is 6.82. The minimum atomic E-state index is -3.47. The molecule has 2 rings (SSSR count). The van der Waals surface area contributed by atoms with E-state index in [0.29, 0.717) is 10.8 Å². The molecule has 1 unspecified atom stereocenters. The predicted octanol–water partition coefficient (Wildman–Crippen LogP) is 2.63. The normalized spacial score (nSPS) is 18.9. The summed E-state index contributed by atoms with van der Waals surface area (Å²) in [6.07, 6.45) is 5.86. The van der Waals surface area contributed by atoms with E-state index >= 15 is 0 Å². The van der Waals surface area contributed by atoms with Crippen LogP contribution in [-0.4, -0.2) is 19.4 Å². The van der Waals surface area contributed by atoms with Crippen molar-refractivity contribution in [3.63, 3.8) is 0 Å². The lowest BCUT2D eigenvalue weighted by atomic mass is 9.85. The Hall–Kier alpha value is -0.500. The lowest BCUT2D eigenvalue weighted by Gasteiger charge is -2.27. The van der Waals surface area contributed by atoms with E-state index < -0.39 is 10.0 Å². The molecule has 0 radical (unpaired) electrons. The van der Waals surface area contributed by atoms with Crippen LogP contribution in [0.3, 0.4) is 0 Å². The van der Waals surface area contributed by atoms with Gasteiger partial charge < -0.3 is 5.73 Å². The minimum Gasteiger partial charge on any atom is -0.389 e. The molecule has 4 nitrogen and oxygen atoms in total. The van der Waals surface area contributed by atoms with Gasteiger partial charge in [0.2, 0.25) is 10.0 Å². The van der Waals surface area contributed by atoms with Gasteiger partial charge in [-0.25, -0.2) is 13.1 Å². The average molecular weight is 333 g/mol. The highest BCUT2D eigenvalue weighted by Gasteiger charge is 2.26. The highest BCUT2D eigenvalue weighted by atomic mass is 32.2. The van der Waals surface area contributed by atoms with Crippen molar-refractivity contribution in [2.75, 3.05) is 0 Å². The zero-order valence-electron chi connectivity index (χ0n) is 11.5. The average Bonchev–Trinajstić information content (AvgIpc) is 2.90. The smallest absolute Gasteiger partial charge is 0.250 e. The molecule has 3 N–H and O–H groups in total. The second kappa shape index (κ2) is 6.51. The molecule has 1 aromatic heterocycles. The first-order valence-corrected chi connectivity index (χ1v) is 9.53. The molecule has 1 aliphatic carbocycles. The summed E-state index contributed by atoms with van der Waals surface area (Å²) >= 11 is 5.98. The summed E-state index contributed by atoms with van der Waals surface area (Å²) in [7, 11) is -3.47. The van der Waals surface area contributed by atoms with Crippen molar-refractivity contribution < 1.29 is 8.42 Å². The number of hydrogen-bond donors (Lipinski definition) is 2. The second-order valence-corrected chi connectivity index (χ2v) is 8.76. The lowest BCUT2D eigenvalue weighted by molar-refractivity contribution is 0.303. The Morgan fingerprint density at radius 1 is 1.40 bits per heavy atom.